The monoisotopic (exact) mass is 366 g/mol. The molecule has 0 N–H and O–H groups in total. The van der Waals surface area contributed by atoms with Gasteiger partial charge in [0.05, 0.1) is 20.1 Å². The highest BCUT2D eigenvalue weighted by molar-refractivity contribution is 6.05. The van der Waals surface area contributed by atoms with Crippen molar-refractivity contribution in [2.75, 3.05) is 37.1 Å². The molecule has 2 heterocycles. The molecule has 1 fully saturated rings. The minimum Gasteiger partial charge on any atom is -0.493 e. The Morgan fingerprint density at radius 3 is 2.63 bits per heavy atom. The third-order valence-electron chi connectivity index (χ3n) is 5.31. The number of fused-ring (bicyclic) bond motifs is 1. The molecule has 0 radical (unpaired) electrons. The number of methoxy groups -OCH3 is 2. The Bertz CT molecular complexity index is 896. The smallest absolute Gasteiger partial charge is 0.232 e. The molecule has 2 aliphatic heterocycles. The van der Waals surface area contributed by atoms with Crippen LogP contribution < -0.4 is 19.3 Å². The Balaban J connectivity index is 1.54. The van der Waals surface area contributed by atoms with Crippen molar-refractivity contribution in [3.05, 3.63) is 48.0 Å². The number of para-hydroxylation sites is 1. The molecule has 0 aliphatic carbocycles. The normalized spacial score (nSPS) is 18.6. The number of nitrogens with zero attached hydrogens (tertiary/aromatic N) is 2. The molecular weight excluding hydrogens is 344 g/mol. The van der Waals surface area contributed by atoms with Crippen LogP contribution in [0.15, 0.2) is 42.5 Å². The van der Waals surface area contributed by atoms with Gasteiger partial charge < -0.3 is 19.3 Å². The van der Waals surface area contributed by atoms with E-state index in [1.165, 1.54) is 5.56 Å². The number of amides is 2. The second kappa shape index (κ2) is 6.95. The molecule has 0 bridgehead atoms. The molecule has 6 nitrogen and oxygen atoms in total. The topological polar surface area (TPSA) is 59.1 Å². The van der Waals surface area contributed by atoms with Crippen LogP contribution in [0.25, 0.3) is 0 Å². The third-order valence-corrected chi connectivity index (χ3v) is 5.31. The van der Waals surface area contributed by atoms with Crippen LogP contribution in [0, 0.1) is 5.92 Å². The number of anilines is 2. The van der Waals surface area contributed by atoms with Gasteiger partial charge in [0.2, 0.25) is 11.8 Å². The molecule has 1 saturated heterocycles. The Morgan fingerprint density at radius 1 is 1.07 bits per heavy atom. The van der Waals surface area contributed by atoms with E-state index in [4.69, 9.17) is 9.47 Å². The number of hydrogen-bond donors (Lipinski definition) is 0. The summed E-state index contributed by atoms with van der Waals surface area (Å²) in [4.78, 5) is 29.1. The van der Waals surface area contributed by atoms with Crippen LogP contribution in [0.1, 0.15) is 12.0 Å². The van der Waals surface area contributed by atoms with Gasteiger partial charge in [-0.1, -0.05) is 18.2 Å². The van der Waals surface area contributed by atoms with E-state index in [9.17, 15) is 9.59 Å². The summed E-state index contributed by atoms with van der Waals surface area (Å²) < 4.78 is 10.6. The minimum atomic E-state index is -0.336. The molecule has 0 spiro atoms. The van der Waals surface area contributed by atoms with Crippen LogP contribution in [0.3, 0.4) is 0 Å². The van der Waals surface area contributed by atoms with Crippen LogP contribution in [-0.4, -0.2) is 39.1 Å². The van der Waals surface area contributed by atoms with Gasteiger partial charge in [0.15, 0.2) is 11.5 Å². The van der Waals surface area contributed by atoms with Crippen molar-refractivity contribution in [1.82, 2.24) is 0 Å². The van der Waals surface area contributed by atoms with Crippen molar-refractivity contribution >= 4 is 23.2 Å². The average molecular weight is 366 g/mol. The van der Waals surface area contributed by atoms with E-state index in [0.29, 0.717) is 24.6 Å². The Labute approximate surface area is 158 Å². The Kier molecular flexibility index (Phi) is 4.48. The highest BCUT2D eigenvalue weighted by atomic mass is 16.5. The number of rotatable bonds is 4. The van der Waals surface area contributed by atoms with Crippen molar-refractivity contribution in [3.8, 4) is 11.5 Å². The van der Waals surface area contributed by atoms with Crippen LogP contribution in [-0.2, 0) is 16.0 Å². The van der Waals surface area contributed by atoms with Gasteiger partial charge in [0.25, 0.3) is 0 Å². The molecule has 140 valence electrons. The quantitative estimate of drug-likeness (QED) is 0.835. The SMILES string of the molecule is COc1ccc(N2CC(C(=O)N3CCc4ccccc43)CC2=O)cc1OC. The molecule has 4 rings (SSSR count). The maximum absolute atomic E-state index is 13.1. The molecular formula is C21H22N2O4. The molecule has 27 heavy (non-hydrogen) atoms. The molecule has 1 unspecified atom stereocenters. The first-order chi connectivity index (χ1) is 13.1. The number of hydrogen-bond acceptors (Lipinski definition) is 4. The van der Waals surface area contributed by atoms with Crippen molar-refractivity contribution < 1.29 is 19.1 Å². The zero-order valence-corrected chi connectivity index (χ0v) is 15.5. The summed E-state index contributed by atoms with van der Waals surface area (Å²) in [7, 11) is 3.13. The Hall–Kier alpha value is -3.02. The van der Waals surface area contributed by atoms with Crippen molar-refractivity contribution in [1.29, 1.82) is 0 Å². The van der Waals surface area contributed by atoms with Gasteiger partial charge in [-0.15, -0.1) is 0 Å². The van der Waals surface area contributed by atoms with Crippen LogP contribution in [0.4, 0.5) is 11.4 Å². The predicted octanol–water partition coefficient (Wildman–Crippen LogP) is 2.65. The van der Waals surface area contributed by atoms with Gasteiger partial charge >= 0.3 is 0 Å². The van der Waals surface area contributed by atoms with E-state index in [1.807, 2.05) is 29.2 Å². The van der Waals surface area contributed by atoms with Crippen molar-refractivity contribution in [2.45, 2.75) is 12.8 Å². The highest BCUT2D eigenvalue weighted by Gasteiger charge is 2.39. The molecule has 2 amide bonds. The van der Waals surface area contributed by atoms with Gasteiger partial charge in [-0.25, -0.2) is 0 Å². The van der Waals surface area contributed by atoms with E-state index < -0.39 is 0 Å². The molecule has 2 aromatic carbocycles. The minimum absolute atomic E-state index is 0.0243. The molecule has 0 saturated carbocycles. The third kappa shape index (κ3) is 3.01. The zero-order chi connectivity index (χ0) is 19.0. The van der Waals surface area contributed by atoms with E-state index in [-0.39, 0.29) is 24.2 Å². The van der Waals surface area contributed by atoms with Gasteiger partial charge in [-0.3, -0.25) is 9.59 Å². The average Bonchev–Trinajstić information content (AvgIpc) is 3.30. The fourth-order valence-corrected chi connectivity index (χ4v) is 3.90. The molecule has 6 heteroatoms. The maximum Gasteiger partial charge on any atom is 0.232 e. The molecule has 0 aromatic heterocycles. The van der Waals surface area contributed by atoms with Gasteiger partial charge in [-0.05, 0) is 30.2 Å². The first kappa shape index (κ1) is 17.4. The number of ether oxygens (including phenoxy) is 2. The number of carbonyl (C=O) groups excluding carboxylic acids is 2. The molecule has 2 aliphatic rings. The van der Waals surface area contributed by atoms with Crippen LogP contribution >= 0.6 is 0 Å². The standard InChI is InChI=1S/C21H22N2O4/c1-26-18-8-7-16(12-19(18)27-2)23-13-15(11-20(23)24)21(25)22-10-9-14-5-3-4-6-17(14)22/h3-8,12,15H,9-11,13H2,1-2H3. The molecule has 1 atom stereocenters. The lowest BCUT2D eigenvalue weighted by molar-refractivity contribution is -0.124. The lowest BCUT2D eigenvalue weighted by atomic mass is 10.1. The fourth-order valence-electron chi connectivity index (χ4n) is 3.90. The number of carbonyl (C=O) groups is 2. The van der Waals surface area contributed by atoms with Crippen molar-refractivity contribution in [2.24, 2.45) is 5.92 Å². The van der Waals surface area contributed by atoms with Crippen LogP contribution in [0.2, 0.25) is 0 Å². The fraction of sp³-hybridized carbons (Fsp3) is 0.333. The predicted molar refractivity (Wildman–Crippen MR) is 103 cm³/mol. The summed E-state index contributed by atoms with van der Waals surface area (Å²) in [5.74, 6) is 0.807. The lowest BCUT2D eigenvalue weighted by Gasteiger charge is -2.22. The van der Waals surface area contributed by atoms with Gasteiger partial charge in [0, 0.05) is 37.0 Å². The molecule has 2 aromatic rings. The summed E-state index contributed by atoms with van der Waals surface area (Å²) >= 11 is 0. The maximum atomic E-state index is 13.1. The Morgan fingerprint density at radius 2 is 1.85 bits per heavy atom. The van der Waals surface area contributed by atoms with E-state index in [1.54, 1.807) is 31.3 Å². The van der Waals surface area contributed by atoms with E-state index in [0.717, 1.165) is 17.8 Å². The van der Waals surface area contributed by atoms with Gasteiger partial charge in [0.1, 0.15) is 0 Å². The van der Waals surface area contributed by atoms with Crippen LogP contribution in [0.5, 0.6) is 11.5 Å². The summed E-state index contributed by atoms with van der Waals surface area (Å²) in [5, 5.41) is 0. The second-order valence-corrected chi connectivity index (χ2v) is 6.81. The largest absolute Gasteiger partial charge is 0.493 e. The van der Waals surface area contributed by atoms with Gasteiger partial charge in [-0.2, -0.15) is 0 Å². The highest BCUT2D eigenvalue weighted by Crippen LogP contribution is 2.36. The first-order valence-corrected chi connectivity index (χ1v) is 9.04. The second-order valence-electron chi connectivity index (χ2n) is 6.81. The number of benzene rings is 2. The summed E-state index contributed by atoms with van der Waals surface area (Å²) in [6.07, 6.45) is 1.09. The van der Waals surface area contributed by atoms with E-state index in [2.05, 4.69) is 6.07 Å². The van der Waals surface area contributed by atoms with E-state index >= 15 is 0 Å². The summed E-state index contributed by atoms with van der Waals surface area (Å²) in [6.45, 7) is 1.06. The summed E-state index contributed by atoms with van der Waals surface area (Å²) in [6, 6.07) is 13.3. The zero-order valence-electron chi connectivity index (χ0n) is 15.5. The van der Waals surface area contributed by atoms with Crippen molar-refractivity contribution in [3.63, 3.8) is 0 Å². The first-order valence-electron chi connectivity index (χ1n) is 9.04. The summed E-state index contributed by atoms with van der Waals surface area (Å²) in [5.41, 5.74) is 2.88. The lowest BCUT2D eigenvalue weighted by Crippen LogP contribution is -2.36.